The van der Waals surface area contributed by atoms with E-state index < -0.39 is 28.4 Å². The largest absolute Gasteiger partial charge is 0.507 e. The number of nitro groups is 1. The zero-order valence-corrected chi connectivity index (χ0v) is 21.6. The molecular formula is C27H23BrN2O7. The Balaban J connectivity index is 1.80. The summed E-state index contributed by atoms with van der Waals surface area (Å²) in [6.45, 7) is 0.0634. The van der Waals surface area contributed by atoms with Gasteiger partial charge in [-0.3, -0.25) is 19.7 Å². The topological polar surface area (TPSA) is 119 Å². The number of Topliss-reactive ketones (excluding diaryl/α,β-unsaturated/α-hetero) is 1. The number of halogens is 1. The minimum absolute atomic E-state index is 0.0634. The summed E-state index contributed by atoms with van der Waals surface area (Å²) in [4.78, 5) is 39.0. The van der Waals surface area contributed by atoms with Gasteiger partial charge in [-0.1, -0.05) is 46.3 Å². The van der Waals surface area contributed by atoms with E-state index in [-0.39, 0.29) is 23.4 Å². The van der Waals surface area contributed by atoms with Crippen molar-refractivity contribution in [1.29, 1.82) is 0 Å². The molecule has 10 heteroatoms. The smallest absolute Gasteiger partial charge is 0.295 e. The monoisotopic (exact) mass is 566 g/mol. The number of nitro benzene ring substituents is 1. The lowest BCUT2D eigenvalue weighted by molar-refractivity contribution is -0.385. The van der Waals surface area contributed by atoms with Crippen molar-refractivity contribution in [3.05, 3.63) is 104 Å². The molecule has 3 aromatic rings. The third-order valence-electron chi connectivity index (χ3n) is 6.17. The molecular weight excluding hydrogens is 544 g/mol. The van der Waals surface area contributed by atoms with E-state index in [1.807, 2.05) is 0 Å². The van der Waals surface area contributed by atoms with E-state index in [9.17, 15) is 24.8 Å². The average Bonchev–Trinajstić information content (AvgIpc) is 3.16. The third kappa shape index (κ3) is 5.05. The molecule has 0 unspecified atom stereocenters. The Morgan fingerprint density at radius 3 is 2.35 bits per heavy atom. The molecule has 3 aromatic carbocycles. The van der Waals surface area contributed by atoms with Crippen molar-refractivity contribution in [3.63, 3.8) is 0 Å². The summed E-state index contributed by atoms with van der Waals surface area (Å²) in [6, 6.07) is 16.6. The highest BCUT2D eigenvalue weighted by molar-refractivity contribution is 9.10. The van der Waals surface area contributed by atoms with Gasteiger partial charge in [0, 0.05) is 22.6 Å². The molecule has 1 amide bonds. The first kappa shape index (κ1) is 25.9. The second-order valence-electron chi connectivity index (χ2n) is 8.25. The van der Waals surface area contributed by atoms with Crippen LogP contribution in [0.1, 0.15) is 22.7 Å². The van der Waals surface area contributed by atoms with Crippen LogP contribution in [-0.4, -0.2) is 47.4 Å². The molecule has 4 rings (SSSR count). The quantitative estimate of drug-likeness (QED) is 0.133. The second-order valence-corrected chi connectivity index (χ2v) is 9.17. The molecule has 0 radical (unpaired) electrons. The SMILES string of the molecule is COc1ccc(CCN2C(=O)C(=O)C(=C(O)c3ccc(Br)cc3)[C@H]2c2ccccc2[N+](=O)[O-])cc1OC. The number of benzene rings is 3. The first-order valence-corrected chi connectivity index (χ1v) is 12.0. The van der Waals surface area contributed by atoms with Crippen LogP contribution in [0.2, 0.25) is 0 Å². The molecule has 0 aromatic heterocycles. The molecule has 0 aliphatic carbocycles. The van der Waals surface area contributed by atoms with Gasteiger partial charge in [-0.05, 0) is 42.3 Å². The number of ketones is 1. The van der Waals surface area contributed by atoms with Crippen LogP contribution < -0.4 is 9.47 Å². The highest BCUT2D eigenvalue weighted by Gasteiger charge is 2.47. The van der Waals surface area contributed by atoms with E-state index in [2.05, 4.69) is 15.9 Å². The van der Waals surface area contributed by atoms with Crippen molar-refractivity contribution < 1.29 is 29.1 Å². The van der Waals surface area contributed by atoms with Gasteiger partial charge in [-0.2, -0.15) is 0 Å². The Bertz CT molecular complexity index is 1400. The molecule has 1 saturated heterocycles. The highest BCUT2D eigenvalue weighted by atomic mass is 79.9. The maximum Gasteiger partial charge on any atom is 0.295 e. The van der Waals surface area contributed by atoms with Crippen LogP contribution in [0.3, 0.4) is 0 Å². The minimum Gasteiger partial charge on any atom is -0.507 e. The molecule has 0 spiro atoms. The lowest BCUT2D eigenvalue weighted by Gasteiger charge is -2.25. The Labute approximate surface area is 221 Å². The van der Waals surface area contributed by atoms with E-state index in [0.717, 1.165) is 10.0 Å². The normalized spacial score (nSPS) is 16.6. The summed E-state index contributed by atoms with van der Waals surface area (Å²) in [7, 11) is 3.03. The molecule has 0 bridgehead atoms. The third-order valence-corrected chi connectivity index (χ3v) is 6.70. The lowest BCUT2D eigenvalue weighted by atomic mass is 9.94. The Hall–Kier alpha value is -4.18. The number of methoxy groups -OCH3 is 2. The molecule has 1 heterocycles. The number of likely N-dealkylation sites (tertiary alicyclic amines) is 1. The van der Waals surface area contributed by atoms with Gasteiger partial charge in [0.2, 0.25) is 0 Å². The molecule has 1 fully saturated rings. The van der Waals surface area contributed by atoms with Gasteiger partial charge in [-0.15, -0.1) is 0 Å². The summed E-state index contributed by atoms with van der Waals surface area (Å²) < 4.78 is 11.4. The summed E-state index contributed by atoms with van der Waals surface area (Å²) in [6.07, 6.45) is 0.322. The molecule has 190 valence electrons. The predicted octanol–water partition coefficient (Wildman–Crippen LogP) is 5.04. The molecule has 1 aliphatic heterocycles. The summed E-state index contributed by atoms with van der Waals surface area (Å²) in [5, 5.41) is 23.0. The Morgan fingerprint density at radius 2 is 1.70 bits per heavy atom. The Kier molecular flexibility index (Phi) is 7.58. The number of nitrogens with zero attached hydrogens (tertiary/aromatic N) is 2. The highest BCUT2D eigenvalue weighted by Crippen LogP contribution is 2.42. The van der Waals surface area contributed by atoms with E-state index in [0.29, 0.717) is 23.5 Å². The van der Waals surface area contributed by atoms with Crippen LogP contribution in [0, 0.1) is 10.1 Å². The van der Waals surface area contributed by atoms with Crippen LogP contribution in [0.5, 0.6) is 11.5 Å². The molecule has 0 saturated carbocycles. The number of ether oxygens (including phenoxy) is 2. The van der Waals surface area contributed by atoms with Crippen molar-refractivity contribution in [2.45, 2.75) is 12.5 Å². The second kappa shape index (κ2) is 10.8. The van der Waals surface area contributed by atoms with E-state index >= 15 is 0 Å². The number of para-hydroxylation sites is 1. The first-order chi connectivity index (χ1) is 17.8. The van der Waals surface area contributed by atoms with Gasteiger partial charge in [0.15, 0.2) is 11.5 Å². The molecule has 37 heavy (non-hydrogen) atoms. The van der Waals surface area contributed by atoms with Gasteiger partial charge in [0.1, 0.15) is 5.76 Å². The standard InChI is InChI=1S/C27H23BrN2O7/c1-36-21-12-7-16(15-22(21)37-2)13-14-29-24(19-5-3-4-6-20(19)30(34)35)23(26(32)27(29)33)25(31)17-8-10-18(28)11-9-17/h3-12,15,24,31H,13-14H2,1-2H3/t24-/m1/s1. The van der Waals surface area contributed by atoms with E-state index in [1.54, 1.807) is 48.5 Å². The molecule has 1 atom stereocenters. The van der Waals surface area contributed by atoms with Crippen LogP contribution in [-0.2, 0) is 16.0 Å². The molecule has 1 aliphatic rings. The maximum atomic E-state index is 13.2. The van der Waals surface area contributed by atoms with Crippen LogP contribution in [0.4, 0.5) is 5.69 Å². The van der Waals surface area contributed by atoms with Gasteiger partial charge in [0.05, 0.1) is 36.3 Å². The van der Waals surface area contributed by atoms with Gasteiger partial charge < -0.3 is 19.5 Å². The number of carbonyl (C=O) groups excluding carboxylic acids is 2. The molecule has 1 N–H and O–H groups in total. The number of carbonyl (C=O) groups is 2. The lowest BCUT2D eigenvalue weighted by Crippen LogP contribution is -2.32. The first-order valence-electron chi connectivity index (χ1n) is 11.3. The van der Waals surface area contributed by atoms with Crippen molar-refractivity contribution in [2.75, 3.05) is 20.8 Å². The number of hydrogen-bond acceptors (Lipinski definition) is 7. The average molecular weight is 567 g/mol. The number of aliphatic hydroxyl groups excluding tert-OH is 1. The zero-order chi connectivity index (χ0) is 26.7. The van der Waals surface area contributed by atoms with Crippen molar-refractivity contribution in [1.82, 2.24) is 4.90 Å². The summed E-state index contributed by atoms with van der Waals surface area (Å²) in [5.41, 5.74) is 0.789. The number of hydrogen-bond donors (Lipinski definition) is 1. The fraction of sp³-hybridized carbons (Fsp3) is 0.185. The van der Waals surface area contributed by atoms with Crippen molar-refractivity contribution >= 4 is 39.1 Å². The van der Waals surface area contributed by atoms with E-state index in [4.69, 9.17) is 9.47 Å². The van der Waals surface area contributed by atoms with Gasteiger partial charge >= 0.3 is 0 Å². The van der Waals surface area contributed by atoms with Gasteiger partial charge in [-0.25, -0.2) is 0 Å². The molecule has 9 nitrogen and oxygen atoms in total. The van der Waals surface area contributed by atoms with E-state index in [1.165, 1.54) is 37.3 Å². The fourth-order valence-corrected chi connectivity index (χ4v) is 4.63. The minimum atomic E-state index is -1.15. The number of aliphatic hydroxyl groups is 1. The number of rotatable bonds is 8. The van der Waals surface area contributed by atoms with Crippen LogP contribution >= 0.6 is 15.9 Å². The summed E-state index contributed by atoms with van der Waals surface area (Å²) in [5.74, 6) is -1.10. The predicted molar refractivity (Wildman–Crippen MR) is 139 cm³/mol. The van der Waals surface area contributed by atoms with Crippen molar-refractivity contribution in [2.24, 2.45) is 0 Å². The maximum absolute atomic E-state index is 13.2. The van der Waals surface area contributed by atoms with Crippen molar-refractivity contribution in [3.8, 4) is 11.5 Å². The van der Waals surface area contributed by atoms with Crippen LogP contribution in [0.15, 0.2) is 76.8 Å². The summed E-state index contributed by atoms with van der Waals surface area (Å²) >= 11 is 3.33. The van der Waals surface area contributed by atoms with Crippen LogP contribution in [0.25, 0.3) is 5.76 Å². The van der Waals surface area contributed by atoms with Gasteiger partial charge in [0.25, 0.3) is 17.4 Å². The number of amides is 1. The Morgan fingerprint density at radius 1 is 1.03 bits per heavy atom. The zero-order valence-electron chi connectivity index (χ0n) is 20.0. The fourth-order valence-electron chi connectivity index (χ4n) is 4.37.